The lowest BCUT2D eigenvalue weighted by Gasteiger charge is -1.98. The molecule has 0 bridgehead atoms. The van der Waals surface area contributed by atoms with Crippen molar-refractivity contribution in [3.8, 4) is 22.5 Å². The number of rotatable bonds is 6. The number of guanidine groups is 2. The molecule has 0 saturated heterocycles. The minimum absolute atomic E-state index is 0.0862. The van der Waals surface area contributed by atoms with Crippen LogP contribution >= 0.6 is 0 Å². The maximum Gasteiger partial charge on any atom is 0.211 e. The predicted octanol–water partition coefficient (Wildman–Crippen LogP) is 0.958. The zero-order valence-electron chi connectivity index (χ0n) is 15.4. The van der Waals surface area contributed by atoms with Gasteiger partial charge in [-0.15, -0.1) is 10.2 Å². The first-order chi connectivity index (χ1) is 14.0. The molecule has 29 heavy (non-hydrogen) atoms. The van der Waals surface area contributed by atoms with Crippen LogP contribution in [-0.2, 0) is 0 Å². The van der Waals surface area contributed by atoms with E-state index in [1.165, 1.54) is 0 Å². The van der Waals surface area contributed by atoms with Crippen LogP contribution in [0.5, 0.6) is 0 Å². The van der Waals surface area contributed by atoms with E-state index >= 15 is 0 Å². The summed E-state index contributed by atoms with van der Waals surface area (Å²) in [7, 11) is 0. The van der Waals surface area contributed by atoms with Gasteiger partial charge in [-0.25, -0.2) is 0 Å². The molecular formula is C19H20N10. The van der Waals surface area contributed by atoms with Gasteiger partial charge in [0, 0.05) is 5.56 Å². The highest BCUT2D eigenvalue weighted by Crippen LogP contribution is 2.24. The van der Waals surface area contributed by atoms with Crippen LogP contribution in [0.25, 0.3) is 22.5 Å². The molecule has 1 aromatic heterocycles. The normalized spacial score (nSPS) is 11.0. The van der Waals surface area contributed by atoms with Gasteiger partial charge in [0.05, 0.1) is 23.8 Å². The topological polar surface area (TPSA) is 182 Å². The summed E-state index contributed by atoms with van der Waals surface area (Å²) in [6.45, 7) is 0. The largest absolute Gasteiger partial charge is 0.369 e. The smallest absolute Gasteiger partial charge is 0.211 e. The number of H-pyrrole nitrogens is 1. The maximum atomic E-state index is 5.23. The standard InChI is InChI=1S/C19H20N10/c20-18(21)28-24-10-12-1-5-14(6-2-12)16-9-17(27-26-16)15-7-3-13(4-8-15)11-25-29-19(22)23/h1-11H,(H,26,27)(H4,20,21,28)(H4,22,23,29)/b24-10-,25-11-. The number of hydrogen-bond acceptors (Lipinski definition) is 5. The Morgan fingerprint density at radius 2 is 1.21 bits per heavy atom. The number of aromatic amines is 1. The zero-order valence-corrected chi connectivity index (χ0v) is 15.4. The molecular weight excluding hydrogens is 368 g/mol. The number of hydrogen-bond donors (Lipinski definition) is 5. The molecule has 3 rings (SSSR count). The Kier molecular flexibility index (Phi) is 5.96. The second kappa shape index (κ2) is 8.95. The Bertz CT molecular complexity index is 979. The van der Waals surface area contributed by atoms with E-state index in [0.29, 0.717) is 0 Å². The Morgan fingerprint density at radius 1 is 0.724 bits per heavy atom. The summed E-state index contributed by atoms with van der Waals surface area (Å²) in [4.78, 5) is 0. The molecule has 146 valence electrons. The first kappa shape index (κ1) is 19.3. The van der Waals surface area contributed by atoms with Gasteiger partial charge in [-0.2, -0.15) is 15.3 Å². The molecule has 0 radical (unpaired) electrons. The van der Waals surface area contributed by atoms with E-state index in [0.717, 1.165) is 33.6 Å². The fourth-order valence-corrected chi connectivity index (χ4v) is 2.43. The summed E-state index contributed by atoms with van der Waals surface area (Å²) in [5.41, 5.74) is 26.3. The minimum atomic E-state index is -0.0870. The zero-order chi connectivity index (χ0) is 20.6. The van der Waals surface area contributed by atoms with Crippen LogP contribution in [0, 0.1) is 0 Å². The maximum absolute atomic E-state index is 5.23. The molecule has 0 aliphatic heterocycles. The van der Waals surface area contributed by atoms with Crippen molar-refractivity contribution in [2.75, 3.05) is 0 Å². The van der Waals surface area contributed by atoms with Crippen molar-refractivity contribution in [3.05, 3.63) is 65.7 Å². The highest BCUT2D eigenvalue weighted by molar-refractivity contribution is 5.83. The van der Waals surface area contributed by atoms with Crippen molar-refractivity contribution < 1.29 is 0 Å². The Hall–Kier alpha value is -4.47. The number of nitrogens with zero attached hydrogens (tertiary/aromatic N) is 5. The first-order valence-corrected chi connectivity index (χ1v) is 8.51. The van der Waals surface area contributed by atoms with E-state index < -0.39 is 0 Å². The Labute approximate surface area is 166 Å². The molecule has 0 unspecified atom stereocenters. The average molecular weight is 388 g/mol. The summed E-state index contributed by atoms with van der Waals surface area (Å²) in [6.07, 6.45) is 3.14. The molecule has 2 aromatic carbocycles. The van der Waals surface area contributed by atoms with Crippen molar-refractivity contribution in [2.45, 2.75) is 0 Å². The summed E-state index contributed by atoms with van der Waals surface area (Å²) < 4.78 is 0. The van der Waals surface area contributed by atoms with Gasteiger partial charge in [-0.3, -0.25) is 5.10 Å². The monoisotopic (exact) mass is 388 g/mol. The highest BCUT2D eigenvalue weighted by Gasteiger charge is 2.06. The fourth-order valence-electron chi connectivity index (χ4n) is 2.43. The van der Waals surface area contributed by atoms with E-state index in [4.69, 9.17) is 22.9 Å². The first-order valence-electron chi connectivity index (χ1n) is 8.51. The summed E-state index contributed by atoms with van der Waals surface area (Å²) in [5, 5.41) is 22.1. The van der Waals surface area contributed by atoms with Crippen LogP contribution in [0.2, 0.25) is 0 Å². The number of aromatic nitrogens is 2. The third-order valence-electron chi connectivity index (χ3n) is 3.77. The van der Waals surface area contributed by atoms with Crippen LogP contribution in [0.1, 0.15) is 11.1 Å². The molecule has 9 N–H and O–H groups in total. The summed E-state index contributed by atoms with van der Waals surface area (Å²) in [6, 6.07) is 17.4. The third kappa shape index (κ3) is 5.50. The number of nitrogens with two attached hydrogens (primary N) is 4. The van der Waals surface area contributed by atoms with Crippen LogP contribution in [-0.4, -0.2) is 34.5 Å². The van der Waals surface area contributed by atoms with Gasteiger partial charge in [0.2, 0.25) is 11.9 Å². The van der Waals surface area contributed by atoms with Gasteiger partial charge in [0.1, 0.15) is 0 Å². The van der Waals surface area contributed by atoms with E-state index in [1.807, 2.05) is 54.6 Å². The lowest BCUT2D eigenvalue weighted by molar-refractivity contribution is 1.10. The van der Waals surface area contributed by atoms with Gasteiger partial charge in [-0.1, -0.05) is 48.5 Å². The van der Waals surface area contributed by atoms with Crippen LogP contribution in [0.3, 0.4) is 0 Å². The lowest BCUT2D eigenvalue weighted by atomic mass is 10.1. The van der Waals surface area contributed by atoms with Gasteiger partial charge in [0.15, 0.2) is 0 Å². The lowest BCUT2D eigenvalue weighted by Crippen LogP contribution is -2.21. The van der Waals surface area contributed by atoms with E-state index in [2.05, 4.69) is 30.6 Å². The molecule has 0 saturated carbocycles. The van der Waals surface area contributed by atoms with E-state index in [9.17, 15) is 0 Å². The Morgan fingerprint density at radius 3 is 1.69 bits per heavy atom. The molecule has 3 aromatic rings. The molecule has 0 atom stereocenters. The van der Waals surface area contributed by atoms with Crippen molar-refractivity contribution in [3.63, 3.8) is 0 Å². The van der Waals surface area contributed by atoms with Crippen LogP contribution < -0.4 is 22.9 Å². The number of benzene rings is 2. The minimum Gasteiger partial charge on any atom is -0.369 e. The van der Waals surface area contributed by atoms with Crippen LogP contribution in [0.15, 0.2) is 75.0 Å². The molecule has 10 nitrogen and oxygen atoms in total. The fraction of sp³-hybridized carbons (Fsp3) is 0. The summed E-state index contributed by atoms with van der Waals surface area (Å²) >= 11 is 0. The van der Waals surface area contributed by atoms with Crippen molar-refractivity contribution >= 4 is 24.3 Å². The van der Waals surface area contributed by atoms with Crippen molar-refractivity contribution in [1.29, 1.82) is 0 Å². The third-order valence-corrected chi connectivity index (χ3v) is 3.77. The Balaban J connectivity index is 1.72. The van der Waals surface area contributed by atoms with Crippen molar-refractivity contribution in [1.82, 2.24) is 10.2 Å². The van der Waals surface area contributed by atoms with Gasteiger partial charge in [0.25, 0.3) is 0 Å². The highest BCUT2D eigenvalue weighted by atomic mass is 15.3. The van der Waals surface area contributed by atoms with Gasteiger partial charge in [-0.05, 0) is 22.8 Å². The van der Waals surface area contributed by atoms with Gasteiger partial charge >= 0.3 is 0 Å². The second-order valence-electron chi connectivity index (χ2n) is 5.95. The molecule has 0 aliphatic carbocycles. The van der Waals surface area contributed by atoms with Crippen molar-refractivity contribution in [2.24, 2.45) is 43.3 Å². The molecule has 1 heterocycles. The summed E-state index contributed by atoms with van der Waals surface area (Å²) in [5.74, 6) is -0.173. The van der Waals surface area contributed by atoms with Gasteiger partial charge < -0.3 is 22.9 Å². The quantitative estimate of drug-likeness (QED) is 0.239. The molecule has 0 spiro atoms. The SMILES string of the molecule is NC(N)=N/N=C\c1ccc(-c2cc(-c3ccc(/C=N\N=C(N)N)cc3)[nH]n2)cc1. The predicted molar refractivity (Wildman–Crippen MR) is 116 cm³/mol. The average Bonchev–Trinajstić information content (AvgIpc) is 3.19. The van der Waals surface area contributed by atoms with Crippen LogP contribution in [0.4, 0.5) is 0 Å². The molecule has 0 aliphatic rings. The molecule has 0 amide bonds. The molecule has 10 heteroatoms. The number of nitrogens with one attached hydrogen (secondary N) is 1. The van der Waals surface area contributed by atoms with E-state index in [-0.39, 0.29) is 11.9 Å². The van der Waals surface area contributed by atoms with E-state index in [1.54, 1.807) is 12.4 Å². The molecule has 0 fully saturated rings. The second-order valence-corrected chi connectivity index (χ2v) is 5.95.